The van der Waals surface area contributed by atoms with Crippen LogP contribution in [0.1, 0.15) is 22.0 Å². The Balaban J connectivity index is 2.20. The molecule has 2 N–H and O–H groups in total. The molecule has 0 spiro atoms. The van der Waals surface area contributed by atoms with Gasteiger partial charge in [-0.05, 0) is 37.9 Å². The van der Waals surface area contributed by atoms with Gasteiger partial charge in [-0.3, -0.25) is 14.9 Å². The summed E-state index contributed by atoms with van der Waals surface area (Å²) in [5.74, 6) is -0.793. The standard InChI is InChI=1S/C18H21FN4O3/c1-20-16-8-7-14(23(25)26)10-15(16)18(24)21-11-17(22(2)3)12-5-4-6-13(19)9-12/h4-10,17,20H,11H2,1-3H3,(H,21,24). The van der Waals surface area contributed by atoms with Crippen LogP contribution in [0.15, 0.2) is 42.5 Å². The second kappa shape index (κ2) is 8.39. The summed E-state index contributed by atoms with van der Waals surface area (Å²) in [6.45, 7) is 0.223. The number of anilines is 1. The van der Waals surface area contributed by atoms with Gasteiger partial charge in [0.1, 0.15) is 5.82 Å². The van der Waals surface area contributed by atoms with Crippen LogP contribution in [0.3, 0.4) is 0 Å². The summed E-state index contributed by atoms with van der Waals surface area (Å²) in [7, 11) is 5.29. The second-order valence-corrected chi connectivity index (χ2v) is 5.98. The van der Waals surface area contributed by atoms with E-state index in [9.17, 15) is 19.3 Å². The van der Waals surface area contributed by atoms with E-state index in [0.717, 1.165) is 5.56 Å². The lowest BCUT2D eigenvalue weighted by Gasteiger charge is -2.25. The van der Waals surface area contributed by atoms with E-state index in [0.29, 0.717) is 5.69 Å². The zero-order valence-electron chi connectivity index (χ0n) is 14.8. The number of hydrogen-bond donors (Lipinski definition) is 2. The van der Waals surface area contributed by atoms with Gasteiger partial charge in [0.05, 0.1) is 16.5 Å². The second-order valence-electron chi connectivity index (χ2n) is 5.98. The zero-order valence-corrected chi connectivity index (χ0v) is 14.8. The van der Waals surface area contributed by atoms with E-state index in [4.69, 9.17) is 0 Å². The van der Waals surface area contributed by atoms with Gasteiger partial charge in [-0.15, -0.1) is 0 Å². The molecule has 26 heavy (non-hydrogen) atoms. The van der Waals surface area contributed by atoms with Gasteiger partial charge in [0.2, 0.25) is 0 Å². The van der Waals surface area contributed by atoms with Crippen LogP contribution >= 0.6 is 0 Å². The van der Waals surface area contributed by atoms with Crippen molar-refractivity contribution in [1.29, 1.82) is 0 Å². The van der Waals surface area contributed by atoms with Gasteiger partial charge in [0.25, 0.3) is 11.6 Å². The van der Waals surface area contributed by atoms with Crippen molar-refractivity contribution >= 4 is 17.3 Å². The maximum Gasteiger partial charge on any atom is 0.270 e. The van der Waals surface area contributed by atoms with Crippen molar-refractivity contribution in [1.82, 2.24) is 10.2 Å². The molecule has 2 rings (SSSR count). The summed E-state index contributed by atoms with van der Waals surface area (Å²) >= 11 is 0. The fourth-order valence-electron chi connectivity index (χ4n) is 2.65. The van der Waals surface area contributed by atoms with Crippen molar-refractivity contribution in [2.24, 2.45) is 0 Å². The summed E-state index contributed by atoms with van der Waals surface area (Å²) < 4.78 is 13.5. The van der Waals surface area contributed by atoms with E-state index >= 15 is 0 Å². The van der Waals surface area contributed by atoms with Gasteiger partial charge in [-0.1, -0.05) is 12.1 Å². The molecule has 0 bridgehead atoms. The minimum atomic E-state index is -0.550. The predicted molar refractivity (Wildman–Crippen MR) is 97.8 cm³/mol. The Morgan fingerprint density at radius 1 is 1.27 bits per heavy atom. The van der Waals surface area contributed by atoms with Crippen LogP contribution in [0.4, 0.5) is 15.8 Å². The van der Waals surface area contributed by atoms with E-state index in [1.54, 1.807) is 19.2 Å². The highest BCUT2D eigenvalue weighted by molar-refractivity contribution is 6.00. The molecular formula is C18H21FN4O3. The fourth-order valence-corrected chi connectivity index (χ4v) is 2.65. The molecule has 7 nitrogen and oxygen atoms in total. The van der Waals surface area contributed by atoms with Gasteiger partial charge in [0, 0.05) is 31.4 Å². The third-order valence-electron chi connectivity index (χ3n) is 4.04. The smallest absolute Gasteiger partial charge is 0.270 e. The van der Waals surface area contributed by atoms with Crippen LogP contribution in [0, 0.1) is 15.9 Å². The Morgan fingerprint density at radius 3 is 2.58 bits per heavy atom. The number of hydrogen-bond acceptors (Lipinski definition) is 5. The maximum absolute atomic E-state index is 13.5. The quantitative estimate of drug-likeness (QED) is 0.586. The van der Waals surface area contributed by atoms with Gasteiger partial charge in [-0.2, -0.15) is 0 Å². The number of nitrogens with zero attached hydrogens (tertiary/aromatic N) is 2. The Kier molecular flexibility index (Phi) is 6.24. The van der Waals surface area contributed by atoms with Crippen LogP contribution in [0.2, 0.25) is 0 Å². The summed E-state index contributed by atoms with van der Waals surface area (Å²) in [5, 5.41) is 16.6. The molecule has 1 amide bonds. The number of halogens is 1. The first-order valence-corrected chi connectivity index (χ1v) is 7.99. The largest absolute Gasteiger partial charge is 0.387 e. The number of nitro benzene ring substituents is 1. The summed E-state index contributed by atoms with van der Waals surface area (Å²) in [4.78, 5) is 24.8. The molecule has 0 aliphatic heterocycles. The zero-order chi connectivity index (χ0) is 19.3. The highest BCUT2D eigenvalue weighted by atomic mass is 19.1. The number of likely N-dealkylation sites (N-methyl/N-ethyl adjacent to an activating group) is 1. The van der Waals surface area contributed by atoms with E-state index in [2.05, 4.69) is 10.6 Å². The number of nitrogens with one attached hydrogen (secondary N) is 2. The summed E-state index contributed by atoms with van der Waals surface area (Å²) in [5.41, 5.74) is 1.23. The lowest BCUT2D eigenvalue weighted by atomic mass is 10.1. The highest BCUT2D eigenvalue weighted by Crippen LogP contribution is 2.23. The van der Waals surface area contributed by atoms with Crippen molar-refractivity contribution in [3.8, 4) is 0 Å². The third-order valence-corrected chi connectivity index (χ3v) is 4.04. The predicted octanol–water partition coefficient (Wildman–Crippen LogP) is 2.81. The maximum atomic E-state index is 13.5. The molecule has 2 aromatic rings. The Hall–Kier alpha value is -3.00. The monoisotopic (exact) mass is 360 g/mol. The minimum Gasteiger partial charge on any atom is -0.387 e. The fraction of sp³-hybridized carbons (Fsp3) is 0.278. The topological polar surface area (TPSA) is 87.5 Å². The number of benzene rings is 2. The average Bonchev–Trinajstić information content (AvgIpc) is 2.60. The minimum absolute atomic E-state index is 0.163. The first kappa shape index (κ1) is 19.3. The summed E-state index contributed by atoms with van der Waals surface area (Å²) in [6.07, 6.45) is 0. The SMILES string of the molecule is CNc1ccc([N+](=O)[O-])cc1C(=O)NCC(c1cccc(F)c1)N(C)C. The highest BCUT2D eigenvalue weighted by Gasteiger charge is 2.19. The number of non-ortho nitro benzene ring substituents is 1. The van der Waals surface area contributed by atoms with Crippen molar-refractivity contribution in [2.45, 2.75) is 6.04 Å². The molecule has 1 unspecified atom stereocenters. The molecule has 8 heteroatoms. The van der Waals surface area contributed by atoms with Gasteiger partial charge >= 0.3 is 0 Å². The summed E-state index contributed by atoms with van der Waals surface area (Å²) in [6, 6.07) is 9.98. The van der Waals surface area contributed by atoms with Crippen molar-refractivity contribution in [3.63, 3.8) is 0 Å². The normalized spacial score (nSPS) is 11.9. The molecule has 138 valence electrons. The van der Waals surface area contributed by atoms with Gasteiger partial charge in [0.15, 0.2) is 0 Å². The number of amides is 1. The third kappa shape index (κ3) is 4.54. The molecule has 0 saturated heterocycles. The number of rotatable bonds is 7. The lowest BCUT2D eigenvalue weighted by molar-refractivity contribution is -0.384. The molecule has 0 heterocycles. The van der Waals surface area contributed by atoms with Crippen molar-refractivity contribution < 1.29 is 14.1 Å². The van der Waals surface area contributed by atoms with Crippen molar-refractivity contribution in [3.05, 3.63) is 69.5 Å². The first-order chi connectivity index (χ1) is 12.3. The number of nitro groups is 1. The molecule has 0 aromatic heterocycles. The molecule has 2 aromatic carbocycles. The number of carbonyl (C=O) groups excluding carboxylic acids is 1. The van der Waals surface area contributed by atoms with Gasteiger partial charge < -0.3 is 15.5 Å². The molecule has 1 atom stereocenters. The molecule has 0 aliphatic rings. The van der Waals surface area contributed by atoms with Crippen molar-refractivity contribution in [2.75, 3.05) is 33.0 Å². The Labute approximate surface area is 151 Å². The average molecular weight is 360 g/mol. The van der Waals surface area contributed by atoms with E-state index < -0.39 is 10.8 Å². The van der Waals surface area contributed by atoms with Crippen LogP contribution in [0.5, 0.6) is 0 Å². The van der Waals surface area contributed by atoms with E-state index in [1.165, 1.54) is 30.3 Å². The molecular weight excluding hydrogens is 339 g/mol. The lowest BCUT2D eigenvalue weighted by Crippen LogP contribution is -2.34. The van der Waals surface area contributed by atoms with Gasteiger partial charge in [-0.25, -0.2) is 4.39 Å². The molecule has 0 saturated carbocycles. The number of carbonyl (C=O) groups is 1. The van der Waals surface area contributed by atoms with Crippen LogP contribution in [-0.2, 0) is 0 Å². The van der Waals surface area contributed by atoms with Crippen LogP contribution in [-0.4, -0.2) is 43.4 Å². The van der Waals surface area contributed by atoms with Crippen LogP contribution in [0.25, 0.3) is 0 Å². The Bertz CT molecular complexity index is 811. The molecule has 0 radical (unpaired) electrons. The molecule has 0 fully saturated rings. The van der Waals surface area contributed by atoms with Crippen LogP contribution < -0.4 is 10.6 Å². The molecule has 0 aliphatic carbocycles. The first-order valence-electron chi connectivity index (χ1n) is 7.99. The Morgan fingerprint density at radius 2 is 2.00 bits per heavy atom. The van der Waals surface area contributed by atoms with E-state index in [-0.39, 0.29) is 29.7 Å². The van der Waals surface area contributed by atoms with E-state index in [1.807, 2.05) is 19.0 Å².